The van der Waals surface area contributed by atoms with Crippen molar-refractivity contribution in [1.29, 1.82) is 0 Å². The lowest BCUT2D eigenvalue weighted by atomic mass is 10.1. The minimum atomic E-state index is -4.44. The minimum absolute atomic E-state index is 0.0261. The summed E-state index contributed by atoms with van der Waals surface area (Å²) in [7, 11) is 1.56. The molecule has 27 heavy (non-hydrogen) atoms. The third-order valence-electron chi connectivity index (χ3n) is 4.47. The van der Waals surface area contributed by atoms with Crippen molar-refractivity contribution in [3.8, 4) is 0 Å². The molecule has 0 radical (unpaired) electrons. The predicted octanol–water partition coefficient (Wildman–Crippen LogP) is 3.14. The number of hydrogen-bond acceptors (Lipinski definition) is 3. The topological polar surface area (TPSA) is 67.5 Å². The van der Waals surface area contributed by atoms with Gasteiger partial charge in [0.05, 0.1) is 10.6 Å². The molecular formula is C17H14Cl2F3N3O2. The molecule has 1 aromatic heterocycles. The van der Waals surface area contributed by atoms with E-state index in [2.05, 4.69) is 9.98 Å². The number of benzene rings is 1. The van der Waals surface area contributed by atoms with E-state index in [-0.39, 0.29) is 33.9 Å². The van der Waals surface area contributed by atoms with Crippen LogP contribution in [0.25, 0.3) is 5.57 Å². The number of carbonyl (C=O) groups is 1. The van der Waals surface area contributed by atoms with Gasteiger partial charge in [-0.1, -0.05) is 23.2 Å². The zero-order valence-corrected chi connectivity index (χ0v) is 15.7. The first-order valence-electron chi connectivity index (χ1n) is 7.86. The highest BCUT2D eigenvalue weighted by molar-refractivity contribution is 6.37. The van der Waals surface area contributed by atoms with Gasteiger partial charge < -0.3 is 9.67 Å². The highest BCUT2D eigenvalue weighted by Gasteiger charge is 2.41. The molecule has 1 N–H and O–H groups in total. The standard InChI is InChI=1S/C17H14Cl2F3N3O2/c1-7-5-11(17(20,21)22)23-15-14(7)24-12(25(15)2)6-9-10(18)4-3-8(13(9)19)16(26)27/h3-4,11H,5-6H2,1-2H3,(H,26,27). The molecule has 144 valence electrons. The molecule has 0 saturated carbocycles. The van der Waals surface area contributed by atoms with Crippen molar-refractivity contribution in [2.24, 2.45) is 12.0 Å². The molecule has 5 nitrogen and oxygen atoms in total. The summed E-state index contributed by atoms with van der Waals surface area (Å²) >= 11 is 12.3. The van der Waals surface area contributed by atoms with Crippen LogP contribution in [0.3, 0.4) is 0 Å². The van der Waals surface area contributed by atoms with Gasteiger partial charge in [-0.25, -0.2) is 9.78 Å². The third-order valence-corrected chi connectivity index (χ3v) is 5.25. The van der Waals surface area contributed by atoms with Crippen LogP contribution in [-0.4, -0.2) is 32.8 Å². The highest BCUT2D eigenvalue weighted by atomic mass is 35.5. The fourth-order valence-corrected chi connectivity index (χ4v) is 3.56. The average Bonchev–Trinajstić information content (AvgIpc) is 2.87. The molecule has 0 amide bonds. The Kier molecular flexibility index (Phi) is 4.98. The molecule has 2 aromatic rings. The Balaban J connectivity index is 2.12. The van der Waals surface area contributed by atoms with Crippen LogP contribution < -0.4 is 10.8 Å². The van der Waals surface area contributed by atoms with Crippen molar-refractivity contribution in [2.75, 3.05) is 0 Å². The van der Waals surface area contributed by atoms with E-state index in [0.29, 0.717) is 22.3 Å². The molecule has 10 heteroatoms. The van der Waals surface area contributed by atoms with E-state index in [9.17, 15) is 23.1 Å². The summed E-state index contributed by atoms with van der Waals surface area (Å²) in [5, 5.41) is 9.82. The first-order chi connectivity index (χ1) is 12.5. The van der Waals surface area contributed by atoms with Crippen LogP contribution in [0.15, 0.2) is 17.1 Å². The van der Waals surface area contributed by atoms with Gasteiger partial charge in [-0.3, -0.25) is 4.99 Å². The fraction of sp³-hybridized carbons (Fsp3) is 0.353. The lowest BCUT2D eigenvalue weighted by Gasteiger charge is -2.18. The number of carboxylic acids is 1. The van der Waals surface area contributed by atoms with Crippen LogP contribution >= 0.6 is 23.2 Å². The lowest BCUT2D eigenvalue weighted by Crippen LogP contribution is -2.41. The summed E-state index contributed by atoms with van der Waals surface area (Å²) in [6.45, 7) is 1.59. The maximum Gasteiger partial charge on any atom is 0.411 e. The van der Waals surface area contributed by atoms with Crippen LogP contribution in [0.1, 0.15) is 35.1 Å². The van der Waals surface area contributed by atoms with Crippen molar-refractivity contribution in [1.82, 2.24) is 9.55 Å². The molecule has 0 fully saturated rings. The normalized spacial score (nSPS) is 16.9. The molecule has 0 spiro atoms. The Labute approximate surface area is 161 Å². The van der Waals surface area contributed by atoms with Gasteiger partial charge in [-0.05, 0) is 30.2 Å². The summed E-state index contributed by atoms with van der Waals surface area (Å²) in [4.78, 5) is 19.5. The number of fused-ring (bicyclic) bond motifs is 1. The molecule has 0 bridgehead atoms. The number of alkyl halides is 3. The molecule has 1 aliphatic rings. The van der Waals surface area contributed by atoms with E-state index < -0.39 is 18.2 Å². The molecule has 1 aliphatic heterocycles. The van der Waals surface area contributed by atoms with Crippen molar-refractivity contribution < 1.29 is 23.1 Å². The maximum absolute atomic E-state index is 13.1. The first kappa shape index (κ1) is 19.7. The van der Waals surface area contributed by atoms with Gasteiger partial charge in [0, 0.05) is 24.9 Å². The van der Waals surface area contributed by atoms with Gasteiger partial charge in [0.15, 0.2) is 11.5 Å². The van der Waals surface area contributed by atoms with Crippen LogP contribution in [0.5, 0.6) is 0 Å². The second kappa shape index (κ2) is 6.83. The second-order valence-corrected chi connectivity index (χ2v) is 7.08. The summed E-state index contributed by atoms with van der Waals surface area (Å²) < 4.78 is 40.7. The third kappa shape index (κ3) is 3.55. The largest absolute Gasteiger partial charge is 0.478 e. The van der Waals surface area contributed by atoms with Crippen molar-refractivity contribution in [2.45, 2.75) is 32.0 Å². The van der Waals surface area contributed by atoms with Gasteiger partial charge in [0.2, 0.25) is 0 Å². The van der Waals surface area contributed by atoms with Gasteiger partial charge in [0.25, 0.3) is 0 Å². The number of imidazole rings is 1. The Hall–Kier alpha value is -2.06. The zero-order chi connectivity index (χ0) is 20.1. The zero-order valence-electron chi connectivity index (χ0n) is 14.2. The minimum Gasteiger partial charge on any atom is -0.478 e. The van der Waals surface area contributed by atoms with E-state index in [4.69, 9.17) is 23.2 Å². The SMILES string of the molecule is CC1=c2nc(Cc3c(Cl)ccc(C(=O)O)c3Cl)n(C)c2=NC(C(F)(F)F)C1. The van der Waals surface area contributed by atoms with E-state index in [1.165, 1.54) is 16.7 Å². The Morgan fingerprint density at radius 2 is 2.04 bits per heavy atom. The van der Waals surface area contributed by atoms with E-state index in [0.717, 1.165) is 0 Å². The summed E-state index contributed by atoms with van der Waals surface area (Å²) in [5.74, 6) is -0.818. The molecule has 1 unspecified atom stereocenters. The Morgan fingerprint density at radius 3 is 2.63 bits per heavy atom. The first-order valence-corrected chi connectivity index (χ1v) is 8.62. The number of halogens is 5. The fourth-order valence-electron chi connectivity index (χ4n) is 2.98. The van der Waals surface area contributed by atoms with Crippen LogP contribution in [0.2, 0.25) is 10.0 Å². The molecular weight excluding hydrogens is 406 g/mol. The van der Waals surface area contributed by atoms with Gasteiger partial charge in [0.1, 0.15) is 11.2 Å². The van der Waals surface area contributed by atoms with Gasteiger partial charge >= 0.3 is 12.1 Å². The molecule has 3 rings (SSSR count). The van der Waals surface area contributed by atoms with Gasteiger partial charge in [-0.15, -0.1) is 0 Å². The number of aromatic carboxylic acids is 1. The molecule has 2 heterocycles. The average molecular weight is 420 g/mol. The number of hydrogen-bond donors (Lipinski definition) is 1. The van der Waals surface area contributed by atoms with E-state index in [1.54, 1.807) is 14.0 Å². The number of aromatic nitrogens is 2. The van der Waals surface area contributed by atoms with E-state index >= 15 is 0 Å². The van der Waals surface area contributed by atoms with Gasteiger partial charge in [-0.2, -0.15) is 13.2 Å². The van der Waals surface area contributed by atoms with E-state index in [1.807, 2.05) is 0 Å². The maximum atomic E-state index is 13.1. The molecule has 1 aromatic carbocycles. The van der Waals surface area contributed by atoms with Crippen LogP contribution in [-0.2, 0) is 13.5 Å². The Bertz CT molecular complexity index is 1060. The molecule has 0 saturated heterocycles. The monoisotopic (exact) mass is 419 g/mol. The van der Waals surface area contributed by atoms with Crippen LogP contribution in [0.4, 0.5) is 13.2 Å². The second-order valence-electron chi connectivity index (χ2n) is 6.30. The summed E-state index contributed by atoms with van der Waals surface area (Å²) in [6, 6.07) is 0.897. The number of carboxylic acid groups (broad SMARTS) is 1. The number of rotatable bonds is 3. The quantitative estimate of drug-likeness (QED) is 0.830. The summed E-state index contributed by atoms with van der Waals surface area (Å²) in [5.41, 5.74) is 0.853. The van der Waals surface area contributed by atoms with Crippen molar-refractivity contribution in [3.63, 3.8) is 0 Å². The smallest absolute Gasteiger partial charge is 0.411 e. The Morgan fingerprint density at radius 1 is 1.37 bits per heavy atom. The summed E-state index contributed by atoms with van der Waals surface area (Å²) in [6.07, 6.45) is -4.63. The van der Waals surface area contributed by atoms with Crippen molar-refractivity contribution in [3.05, 3.63) is 50.0 Å². The molecule has 0 aliphatic carbocycles. The van der Waals surface area contributed by atoms with Crippen molar-refractivity contribution >= 4 is 34.7 Å². The molecule has 1 atom stereocenters. The highest BCUT2D eigenvalue weighted by Crippen LogP contribution is 2.31. The number of nitrogens with zero attached hydrogens (tertiary/aromatic N) is 3. The van der Waals surface area contributed by atoms with Crippen LogP contribution in [0, 0.1) is 0 Å². The predicted molar refractivity (Wildman–Crippen MR) is 93.8 cm³/mol. The lowest BCUT2D eigenvalue weighted by molar-refractivity contribution is -0.146.